The van der Waals surface area contributed by atoms with Crippen LogP contribution in [-0.2, 0) is 6.54 Å². The first-order valence-electron chi connectivity index (χ1n) is 9.37. The van der Waals surface area contributed by atoms with Crippen LogP contribution in [0.3, 0.4) is 0 Å². The highest BCUT2D eigenvalue weighted by atomic mass is 32.1. The summed E-state index contributed by atoms with van der Waals surface area (Å²) < 4.78 is 0.795. The van der Waals surface area contributed by atoms with Crippen LogP contribution in [0, 0.1) is 6.92 Å². The average molecular weight is 404 g/mol. The molecule has 0 bridgehead atoms. The molecule has 1 amide bonds. The van der Waals surface area contributed by atoms with Gasteiger partial charge in [-0.25, -0.2) is 9.97 Å². The predicted molar refractivity (Wildman–Crippen MR) is 116 cm³/mol. The minimum atomic E-state index is -0.211. The molecule has 2 N–H and O–H groups in total. The Hall–Kier alpha value is -3.32. The molecule has 0 unspecified atom stereocenters. The topological polar surface area (TPSA) is 79.8 Å². The maximum atomic E-state index is 12.9. The Morgan fingerprint density at radius 2 is 1.90 bits per heavy atom. The lowest BCUT2D eigenvalue weighted by Crippen LogP contribution is -2.24. The molecule has 7 heteroatoms. The van der Waals surface area contributed by atoms with E-state index >= 15 is 0 Å². The van der Waals surface area contributed by atoms with Crippen molar-refractivity contribution >= 4 is 33.4 Å². The summed E-state index contributed by atoms with van der Waals surface area (Å²) >= 11 is 1.49. The molecule has 3 heterocycles. The molecule has 146 valence electrons. The zero-order valence-electron chi connectivity index (χ0n) is 16.2. The minimum Gasteiger partial charge on any atom is -0.347 e. The van der Waals surface area contributed by atoms with E-state index in [4.69, 9.17) is 0 Å². The van der Waals surface area contributed by atoms with E-state index < -0.39 is 0 Å². The molecule has 3 aromatic heterocycles. The van der Waals surface area contributed by atoms with E-state index in [0.29, 0.717) is 18.2 Å². The predicted octanol–water partition coefficient (Wildman–Crippen LogP) is 4.50. The summed E-state index contributed by atoms with van der Waals surface area (Å²) in [6.45, 7) is 4.43. The Morgan fingerprint density at radius 1 is 1.10 bits per heavy atom. The van der Waals surface area contributed by atoms with Crippen LogP contribution in [0.2, 0.25) is 0 Å². The summed E-state index contributed by atoms with van der Waals surface area (Å²) in [5.74, 6) is 0.207. The fourth-order valence-corrected chi connectivity index (χ4v) is 3.99. The van der Waals surface area contributed by atoms with Gasteiger partial charge in [0.2, 0.25) is 5.95 Å². The van der Waals surface area contributed by atoms with Gasteiger partial charge in [0, 0.05) is 12.7 Å². The van der Waals surface area contributed by atoms with Gasteiger partial charge in [0.05, 0.1) is 22.0 Å². The third-order valence-corrected chi connectivity index (χ3v) is 5.67. The molecule has 4 rings (SSSR count). The summed E-state index contributed by atoms with van der Waals surface area (Å²) in [6, 6.07) is 15.5. The van der Waals surface area contributed by atoms with Crippen molar-refractivity contribution in [2.24, 2.45) is 0 Å². The van der Waals surface area contributed by atoms with Crippen molar-refractivity contribution in [1.29, 1.82) is 0 Å². The highest BCUT2D eigenvalue weighted by Crippen LogP contribution is 2.28. The van der Waals surface area contributed by atoms with Crippen LogP contribution < -0.4 is 10.6 Å². The average Bonchev–Trinajstić information content (AvgIpc) is 3.13. The third-order valence-electron chi connectivity index (χ3n) is 4.58. The first-order valence-corrected chi connectivity index (χ1v) is 10.2. The number of nitrogens with one attached hydrogen (secondary N) is 2. The van der Waals surface area contributed by atoms with Crippen molar-refractivity contribution in [1.82, 2.24) is 20.3 Å². The van der Waals surface area contributed by atoms with Crippen molar-refractivity contribution in [2.45, 2.75) is 26.4 Å². The molecule has 0 fully saturated rings. The summed E-state index contributed by atoms with van der Waals surface area (Å²) in [5, 5.41) is 8.24. The van der Waals surface area contributed by atoms with Gasteiger partial charge in [-0.3, -0.25) is 9.78 Å². The summed E-state index contributed by atoms with van der Waals surface area (Å²) in [6.07, 6.45) is 1.75. The second kappa shape index (κ2) is 8.36. The number of carbonyl (C=O) groups excluding carboxylic acids is 1. The Labute approximate surface area is 173 Å². The van der Waals surface area contributed by atoms with E-state index in [1.807, 2.05) is 67.8 Å². The first-order chi connectivity index (χ1) is 14.1. The van der Waals surface area contributed by atoms with Gasteiger partial charge < -0.3 is 10.6 Å². The number of fused-ring (bicyclic) bond motifs is 1. The van der Waals surface area contributed by atoms with E-state index in [1.54, 1.807) is 6.20 Å². The van der Waals surface area contributed by atoms with E-state index in [0.717, 1.165) is 27.0 Å². The van der Waals surface area contributed by atoms with Crippen molar-refractivity contribution in [2.75, 3.05) is 5.32 Å². The molecule has 29 heavy (non-hydrogen) atoms. The van der Waals surface area contributed by atoms with Gasteiger partial charge in [0.15, 0.2) is 5.69 Å². The molecular formula is C22H21N5OS. The molecule has 0 aliphatic heterocycles. The maximum absolute atomic E-state index is 12.9. The smallest absolute Gasteiger partial charge is 0.271 e. The maximum Gasteiger partial charge on any atom is 0.271 e. The fourth-order valence-electron chi connectivity index (χ4n) is 3.01. The molecule has 0 saturated heterocycles. The quantitative estimate of drug-likeness (QED) is 0.496. The molecule has 0 spiro atoms. The zero-order chi connectivity index (χ0) is 20.2. The van der Waals surface area contributed by atoms with Gasteiger partial charge in [-0.1, -0.05) is 36.4 Å². The SMILES string of the molecule is Cc1csc2c(C(=O)NCc3ccccc3)nc(N[C@@H](C)c3ccccn3)nc12. The number of amides is 1. The van der Waals surface area contributed by atoms with Crippen molar-refractivity contribution in [3.8, 4) is 0 Å². The molecule has 6 nitrogen and oxygen atoms in total. The van der Waals surface area contributed by atoms with Crippen molar-refractivity contribution < 1.29 is 4.79 Å². The van der Waals surface area contributed by atoms with Crippen LogP contribution in [-0.4, -0.2) is 20.9 Å². The standard InChI is InChI=1S/C22H21N5OS/c1-14-13-29-20-18(14)26-22(25-15(2)17-10-6-7-11-23-17)27-19(20)21(28)24-12-16-8-4-3-5-9-16/h3-11,13,15H,12H2,1-2H3,(H,24,28)(H,25,26,27)/t15-/m0/s1. The molecule has 0 radical (unpaired) electrons. The number of aryl methyl sites for hydroxylation is 1. The monoisotopic (exact) mass is 403 g/mol. The van der Waals surface area contributed by atoms with E-state index in [9.17, 15) is 4.79 Å². The highest BCUT2D eigenvalue weighted by Gasteiger charge is 2.19. The lowest BCUT2D eigenvalue weighted by Gasteiger charge is -2.14. The second-order valence-electron chi connectivity index (χ2n) is 6.78. The lowest BCUT2D eigenvalue weighted by atomic mass is 10.2. The van der Waals surface area contributed by atoms with Crippen LogP contribution >= 0.6 is 11.3 Å². The van der Waals surface area contributed by atoms with Crippen LogP contribution in [0.1, 0.15) is 40.3 Å². The Kier molecular flexibility index (Phi) is 5.48. The van der Waals surface area contributed by atoms with Gasteiger partial charge in [-0.15, -0.1) is 11.3 Å². The Balaban J connectivity index is 1.61. The fraction of sp³-hybridized carbons (Fsp3) is 0.182. The number of rotatable bonds is 6. The molecule has 4 aromatic rings. The van der Waals surface area contributed by atoms with Crippen LogP contribution in [0.5, 0.6) is 0 Å². The normalized spacial score (nSPS) is 11.9. The van der Waals surface area contributed by atoms with Gasteiger partial charge in [-0.05, 0) is 42.5 Å². The number of carbonyl (C=O) groups is 1. The van der Waals surface area contributed by atoms with E-state index in [-0.39, 0.29) is 11.9 Å². The molecule has 0 aliphatic carbocycles. The number of aromatic nitrogens is 3. The minimum absolute atomic E-state index is 0.0900. The summed E-state index contributed by atoms with van der Waals surface area (Å²) in [5.41, 5.74) is 4.13. The number of benzene rings is 1. The van der Waals surface area contributed by atoms with Gasteiger partial charge in [-0.2, -0.15) is 0 Å². The summed E-state index contributed by atoms with van der Waals surface area (Å²) in [4.78, 5) is 26.5. The number of hydrogen-bond donors (Lipinski definition) is 2. The molecule has 0 saturated carbocycles. The largest absolute Gasteiger partial charge is 0.347 e. The number of hydrogen-bond acceptors (Lipinski definition) is 6. The van der Waals surface area contributed by atoms with Gasteiger partial charge in [0.25, 0.3) is 5.91 Å². The number of anilines is 1. The van der Waals surface area contributed by atoms with Crippen LogP contribution in [0.15, 0.2) is 60.1 Å². The van der Waals surface area contributed by atoms with E-state index in [2.05, 4.69) is 25.6 Å². The summed E-state index contributed by atoms with van der Waals surface area (Å²) in [7, 11) is 0. The first kappa shape index (κ1) is 19.0. The van der Waals surface area contributed by atoms with Gasteiger partial charge in [0.1, 0.15) is 0 Å². The van der Waals surface area contributed by atoms with E-state index in [1.165, 1.54) is 11.3 Å². The van der Waals surface area contributed by atoms with Crippen LogP contribution in [0.4, 0.5) is 5.95 Å². The molecule has 0 aliphatic rings. The number of nitrogens with zero attached hydrogens (tertiary/aromatic N) is 3. The zero-order valence-corrected chi connectivity index (χ0v) is 17.0. The highest BCUT2D eigenvalue weighted by molar-refractivity contribution is 7.17. The number of thiophene rings is 1. The van der Waals surface area contributed by atoms with Crippen molar-refractivity contribution in [3.05, 3.63) is 82.6 Å². The van der Waals surface area contributed by atoms with Gasteiger partial charge >= 0.3 is 0 Å². The van der Waals surface area contributed by atoms with Crippen LogP contribution in [0.25, 0.3) is 10.2 Å². The third kappa shape index (κ3) is 4.25. The Morgan fingerprint density at radius 3 is 2.66 bits per heavy atom. The second-order valence-corrected chi connectivity index (χ2v) is 7.66. The molecular weight excluding hydrogens is 382 g/mol. The molecule has 1 atom stereocenters. The Bertz CT molecular complexity index is 1130. The molecule has 1 aromatic carbocycles. The lowest BCUT2D eigenvalue weighted by molar-refractivity contribution is 0.0948. The number of pyridine rings is 1. The van der Waals surface area contributed by atoms with Crippen molar-refractivity contribution in [3.63, 3.8) is 0 Å².